The molecule has 2 N–H and O–H groups in total. The minimum atomic E-state index is -0.433. The van der Waals surface area contributed by atoms with Crippen molar-refractivity contribution in [3.05, 3.63) is 91.7 Å². The van der Waals surface area contributed by atoms with Gasteiger partial charge in [-0.3, -0.25) is 4.79 Å². The van der Waals surface area contributed by atoms with Crippen molar-refractivity contribution in [2.45, 2.75) is 6.92 Å². The maximum absolute atomic E-state index is 14.4. The van der Waals surface area contributed by atoms with E-state index < -0.39 is 5.82 Å². The Bertz CT molecular complexity index is 1080. The van der Waals surface area contributed by atoms with Crippen molar-refractivity contribution in [3.8, 4) is 5.69 Å². The highest BCUT2D eigenvalue weighted by atomic mass is 127. The second-order valence-electron chi connectivity index (χ2n) is 5.77. The van der Waals surface area contributed by atoms with Gasteiger partial charge in [0.1, 0.15) is 11.5 Å². The van der Waals surface area contributed by atoms with Gasteiger partial charge in [0.2, 0.25) is 5.43 Å². The van der Waals surface area contributed by atoms with Crippen LogP contribution in [0.5, 0.6) is 0 Å². The van der Waals surface area contributed by atoms with Crippen molar-refractivity contribution in [3.63, 3.8) is 0 Å². The SMILES string of the molecule is Cc1cn(-c2ccc(I)cc2F)nc(/C(=C/C=N)Nc2ccccc2)c1=O. The molecule has 27 heavy (non-hydrogen) atoms. The molecular formula is C20H16FIN4O. The van der Waals surface area contributed by atoms with Gasteiger partial charge in [0, 0.05) is 27.2 Å². The number of rotatable bonds is 5. The third-order valence-corrected chi connectivity index (χ3v) is 4.48. The van der Waals surface area contributed by atoms with Gasteiger partial charge in [-0.1, -0.05) is 18.2 Å². The number of aromatic nitrogens is 2. The Kier molecular flexibility index (Phi) is 5.80. The highest BCUT2D eigenvalue weighted by Crippen LogP contribution is 2.18. The maximum atomic E-state index is 14.4. The fourth-order valence-corrected chi connectivity index (χ4v) is 2.97. The molecule has 0 unspecified atom stereocenters. The van der Waals surface area contributed by atoms with Gasteiger partial charge in [-0.2, -0.15) is 5.10 Å². The van der Waals surface area contributed by atoms with Gasteiger partial charge in [-0.15, -0.1) is 0 Å². The number of nitrogens with zero attached hydrogens (tertiary/aromatic N) is 2. The highest BCUT2D eigenvalue weighted by Gasteiger charge is 2.14. The molecule has 0 bridgehead atoms. The standard InChI is InChI=1S/C20H16FIN4O/c1-13-12-26(18-8-7-14(22)11-16(18)21)25-19(20(13)27)17(9-10-23)24-15-5-3-2-4-6-15/h2-12,23-24H,1H3/b17-9-,23-10?. The van der Waals surface area contributed by atoms with E-state index in [0.29, 0.717) is 11.3 Å². The number of para-hydroxylation sites is 1. The molecular weight excluding hydrogens is 458 g/mol. The molecule has 0 aliphatic rings. The largest absolute Gasteiger partial charge is 0.354 e. The number of halogens is 2. The average molecular weight is 474 g/mol. The summed E-state index contributed by atoms with van der Waals surface area (Å²) in [6.45, 7) is 1.65. The number of hydrogen-bond donors (Lipinski definition) is 2. The van der Waals surface area contributed by atoms with E-state index in [2.05, 4.69) is 10.4 Å². The lowest BCUT2D eigenvalue weighted by Crippen LogP contribution is -2.22. The molecule has 0 aliphatic carbocycles. The molecule has 7 heteroatoms. The molecule has 1 heterocycles. The summed E-state index contributed by atoms with van der Waals surface area (Å²) in [6, 6.07) is 14.0. The van der Waals surface area contributed by atoms with Crippen LogP contribution in [0.4, 0.5) is 10.1 Å². The summed E-state index contributed by atoms with van der Waals surface area (Å²) in [5, 5.41) is 14.9. The number of anilines is 1. The van der Waals surface area contributed by atoms with E-state index in [1.165, 1.54) is 23.0 Å². The van der Waals surface area contributed by atoms with E-state index in [-0.39, 0.29) is 16.8 Å². The molecule has 3 rings (SSSR count). The lowest BCUT2D eigenvalue weighted by Gasteiger charge is -2.14. The zero-order valence-corrected chi connectivity index (χ0v) is 16.6. The van der Waals surface area contributed by atoms with Crippen LogP contribution in [0.1, 0.15) is 11.3 Å². The van der Waals surface area contributed by atoms with Crippen molar-refractivity contribution in [2.75, 3.05) is 5.32 Å². The second-order valence-corrected chi connectivity index (χ2v) is 7.01. The van der Waals surface area contributed by atoms with E-state index in [1.54, 1.807) is 19.1 Å². The quantitative estimate of drug-likeness (QED) is 0.426. The van der Waals surface area contributed by atoms with Crippen LogP contribution < -0.4 is 10.7 Å². The summed E-state index contributed by atoms with van der Waals surface area (Å²) in [4.78, 5) is 12.7. The maximum Gasteiger partial charge on any atom is 0.212 e. The molecule has 3 aromatic rings. The molecule has 136 valence electrons. The van der Waals surface area contributed by atoms with Gasteiger partial charge in [0.25, 0.3) is 0 Å². The summed E-state index contributed by atoms with van der Waals surface area (Å²) in [5.74, 6) is -0.433. The van der Waals surface area contributed by atoms with Crippen LogP contribution >= 0.6 is 22.6 Å². The van der Waals surface area contributed by atoms with Crippen LogP contribution in [0.3, 0.4) is 0 Å². The third-order valence-electron chi connectivity index (χ3n) is 3.81. The van der Waals surface area contributed by atoms with Crippen LogP contribution in [-0.4, -0.2) is 16.0 Å². The molecule has 0 radical (unpaired) electrons. The third kappa shape index (κ3) is 4.30. The van der Waals surface area contributed by atoms with Crippen LogP contribution in [0, 0.1) is 21.7 Å². The summed E-state index contributed by atoms with van der Waals surface area (Å²) in [7, 11) is 0. The molecule has 0 aliphatic heterocycles. The molecule has 0 fully saturated rings. The van der Waals surface area contributed by atoms with Crippen LogP contribution in [0.2, 0.25) is 0 Å². The fourth-order valence-electron chi connectivity index (χ4n) is 2.52. The monoisotopic (exact) mass is 474 g/mol. The van der Waals surface area contributed by atoms with Crippen LogP contribution in [0.15, 0.2) is 65.6 Å². The minimum Gasteiger partial charge on any atom is -0.354 e. The predicted octanol–water partition coefficient (Wildman–Crippen LogP) is 4.39. The summed E-state index contributed by atoms with van der Waals surface area (Å²) in [6.07, 6.45) is 4.02. The first-order chi connectivity index (χ1) is 13.0. The number of aryl methyl sites for hydroxylation is 1. The average Bonchev–Trinajstić information content (AvgIpc) is 2.64. The molecule has 0 saturated heterocycles. The first-order valence-electron chi connectivity index (χ1n) is 8.09. The Labute approximate surface area is 169 Å². The molecule has 5 nitrogen and oxygen atoms in total. The van der Waals surface area contributed by atoms with Gasteiger partial charge in [0.05, 0.1) is 5.70 Å². The number of allylic oxidation sites excluding steroid dienone is 1. The Morgan fingerprint density at radius 2 is 2.00 bits per heavy atom. The summed E-state index contributed by atoms with van der Waals surface area (Å²) in [5.41, 5.74) is 1.61. The Morgan fingerprint density at radius 1 is 1.26 bits per heavy atom. The number of nitrogens with one attached hydrogen (secondary N) is 2. The molecule has 1 aromatic heterocycles. The number of hydrogen-bond acceptors (Lipinski definition) is 4. The van der Waals surface area contributed by atoms with Crippen molar-refractivity contribution >= 4 is 40.2 Å². The lowest BCUT2D eigenvalue weighted by molar-refractivity contribution is 0.606. The van der Waals surface area contributed by atoms with Gasteiger partial charge in [-0.05, 0) is 65.9 Å². The zero-order chi connectivity index (χ0) is 19.4. The first-order valence-corrected chi connectivity index (χ1v) is 9.16. The van der Waals surface area contributed by atoms with E-state index in [9.17, 15) is 9.18 Å². The van der Waals surface area contributed by atoms with Gasteiger partial charge < -0.3 is 10.7 Å². The van der Waals surface area contributed by atoms with Gasteiger partial charge >= 0.3 is 0 Å². The molecule has 2 aromatic carbocycles. The van der Waals surface area contributed by atoms with Gasteiger partial charge in [-0.25, -0.2) is 9.07 Å². The summed E-state index contributed by atoms with van der Waals surface area (Å²) < 4.78 is 16.5. The summed E-state index contributed by atoms with van der Waals surface area (Å²) >= 11 is 2.03. The van der Waals surface area contributed by atoms with Crippen LogP contribution in [0.25, 0.3) is 11.4 Å². The zero-order valence-electron chi connectivity index (χ0n) is 14.4. The Morgan fingerprint density at radius 3 is 2.67 bits per heavy atom. The fraction of sp³-hybridized carbons (Fsp3) is 0.0500. The first kappa shape index (κ1) is 19.0. The molecule has 0 saturated carbocycles. The lowest BCUT2D eigenvalue weighted by atomic mass is 10.2. The predicted molar refractivity (Wildman–Crippen MR) is 114 cm³/mol. The van der Waals surface area contributed by atoms with E-state index >= 15 is 0 Å². The van der Waals surface area contributed by atoms with Crippen molar-refractivity contribution in [1.29, 1.82) is 5.41 Å². The van der Waals surface area contributed by atoms with Gasteiger partial charge in [0.15, 0.2) is 5.69 Å². The van der Waals surface area contributed by atoms with Crippen molar-refractivity contribution in [2.24, 2.45) is 0 Å². The smallest absolute Gasteiger partial charge is 0.212 e. The molecule has 0 atom stereocenters. The Balaban J connectivity index is 2.13. The van der Waals surface area contributed by atoms with E-state index in [0.717, 1.165) is 15.5 Å². The van der Waals surface area contributed by atoms with E-state index in [4.69, 9.17) is 5.41 Å². The topological polar surface area (TPSA) is 70.8 Å². The Hall–Kier alpha value is -2.81. The highest BCUT2D eigenvalue weighted by molar-refractivity contribution is 14.1. The minimum absolute atomic E-state index is 0.111. The molecule has 0 spiro atoms. The van der Waals surface area contributed by atoms with E-state index in [1.807, 2.05) is 52.9 Å². The normalized spacial score (nSPS) is 11.3. The van der Waals surface area contributed by atoms with Crippen LogP contribution in [-0.2, 0) is 0 Å². The second kappa shape index (κ2) is 8.26. The molecule has 0 amide bonds. The van der Waals surface area contributed by atoms with Crippen molar-refractivity contribution in [1.82, 2.24) is 9.78 Å². The van der Waals surface area contributed by atoms with Crippen molar-refractivity contribution < 1.29 is 4.39 Å². The number of benzene rings is 2.